The highest BCUT2D eigenvalue weighted by Crippen LogP contribution is 2.23. The first kappa shape index (κ1) is 12.8. The van der Waals surface area contributed by atoms with E-state index in [4.69, 9.17) is 22.1 Å². The van der Waals surface area contributed by atoms with Gasteiger partial charge in [-0.05, 0) is 40.6 Å². The van der Waals surface area contributed by atoms with Gasteiger partial charge in [-0.3, -0.25) is 0 Å². The zero-order valence-corrected chi connectivity index (χ0v) is 11.6. The fourth-order valence-electron chi connectivity index (χ4n) is 2.11. The zero-order chi connectivity index (χ0) is 13.9. The normalized spacial score (nSPS) is 10.7. The molecule has 0 fully saturated rings. The smallest absolute Gasteiger partial charge is 0.120 e. The minimum absolute atomic E-state index is 0.472. The van der Waals surface area contributed by atoms with Crippen molar-refractivity contribution < 1.29 is 4.74 Å². The van der Waals surface area contributed by atoms with Crippen LogP contribution in [-0.4, -0.2) is 0 Å². The second-order valence-corrected chi connectivity index (χ2v) is 5.06. The van der Waals surface area contributed by atoms with Gasteiger partial charge in [0, 0.05) is 0 Å². The maximum Gasteiger partial charge on any atom is 0.120 e. The number of fused-ring (bicyclic) bond motifs is 1. The van der Waals surface area contributed by atoms with Gasteiger partial charge in [0.05, 0.1) is 10.7 Å². The third kappa shape index (κ3) is 2.70. The van der Waals surface area contributed by atoms with E-state index in [-0.39, 0.29) is 0 Å². The van der Waals surface area contributed by atoms with E-state index in [0.717, 1.165) is 11.3 Å². The number of nitrogen functional groups attached to an aromatic ring is 1. The molecule has 0 saturated carbocycles. The number of hydrogen-bond donors (Lipinski definition) is 1. The number of ether oxygens (including phenoxy) is 1. The van der Waals surface area contributed by atoms with Gasteiger partial charge < -0.3 is 10.5 Å². The number of benzene rings is 3. The van der Waals surface area contributed by atoms with E-state index in [0.29, 0.717) is 17.3 Å². The molecule has 0 unspecified atom stereocenters. The number of rotatable bonds is 3. The third-order valence-electron chi connectivity index (χ3n) is 3.19. The fourth-order valence-corrected chi connectivity index (χ4v) is 2.22. The Kier molecular flexibility index (Phi) is 3.48. The molecule has 0 spiro atoms. The molecule has 0 aromatic heterocycles. The van der Waals surface area contributed by atoms with Crippen molar-refractivity contribution in [3.63, 3.8) is 0 Å². The molecule has 0 radical (unpaired) electrons. The van der Waals surface area contributed by atoms with Crippen LogP contribution in [0.2, 0.25) is 5.02 Å². The van der Waals surface area contributed by atoms with Crippen molar-refractivity contribution in [2.24, 2.45) is 0 Å². The van der Waals surface area contributed by atoms with Gasteiger partial charge >= 0.3 is 0 Å². The second-order valence-electron chi connectivity index (χ2n) is 4.65. The number of anilines is 1. The maximum atomic E-state index is 5.90. The molecule has 0 aliphatic rings. The average Bonchev–Trinajstić information content (AvgIpc) is 2.48. The van der Waals surface area contributed by atoms with Crippen LogP contribution in [0, 0.1) is 0 Å². The fraction of sp³-hybridized carbons (Fsp3) is 0.0588. The van der Waals surface area contributed by atoms with Crippen molar-refractivity contribution in [2.45, 2.75) is 6.61 Å². The van der Waals surface area contributed by atoms with E-state index in [1.54, 1.807) is 6.07 Å². The molecule has 0 bridgehead atoms. The van der Waals surface area contributed by atoms with Crippen LogP contribution < -0.4 is 10.5 Å². The Hall–Kier alpha value is -2.19. The standard InChI is InChI=1S/C17H14ClNO/c18-16-8-5-12(9-17(16)19)11-20-15-7-6-13-3-1-2-4-14(13)10-15/h1-10H,11,19H2. The number of nitrogens with two attached hydrogens (primary N) is 1. The first-order chi connectivity index (χ1) is 9.72. The van der Waals surface area contributed by atoms with Gasteiger partial charge in [0.2, 0.25) is 0 Å². The number of halogens is 1. The molecule has 3 aromatic rings. The predicted molar refractivity (Wildman–Crippen MR) is 84.1 cm³/mol. The summed E-state index contributed by atoms with van der Waals surface area (Å²) in [5.74, 6) is 0.845. The topological polar surface area (TPSA) is 35.2 Å². The highest BCUT2D eigenvalue weighted by molar-refractivity contribution is 6.33. The lowest BCUT2D eigenvalue weighted by molar-refractivity contribution is 0.307. The van der Waals surface area contributed by atoms with Gasteiger partial charge in [-0.1, -0.05) is 48.0 Å². The predicted octanol–water partition coefficient (Wildman–Crippen LogP) is 4.65. The van der Waals surface area contributed by atoms with E-state index < -0.39 is 0 Å². The van der Waals surface area contributed by atoms with E-state index in [2.05, 4.69) is 18.2 Å². The Balaban J connectivity index is 1.77. The lowest BCUT2D eigenvalue weighted by Crippen LogP contribution is -1.97. The van der Waals surface area contributed by atoms with Gasteiger partial charge in [-0.15, -0.1) is 0 Å². The van der Waals surface area contributed by atoms with E-state index in [1.165, 1.54) is 10.8 Å². The first-order valence-corrected chi connectivity index (χ1v) is 6.76. The average molecular weight is 284 g/mol. The lowest BCUT2D eigenvalue weighted by Gasteiger charge is -2.08. The Bertz CT molecular complexity index is 755. The monoisotopic (exact) mass is 283 g/mol. The van der Waals surface area contributed by atoms with Crippen LogP contribution in [0.15, 0.2) is 60.7 Å². The molecule has 3 heteroatoms. The molecule has 3 rings (SSSR count). The van der Waals surface area contributed by atoms with Crippen LogP contribution in [-0.2, 0) is 6.61 Å². The number of hydrogen-bond acceptors (Lipinski definition) is 2. The van der Waals surface area contributed by atoms with E-state index in [9.17, 15) is 0 Å². The van der Waals surface area contributed by atoms with Gasteiger partial charge in [0.15, 0.2) is 0 Å². The Morgan fingerprint density at radius 3 is 2.50 bits per heavy atom. The van der Waals surface area contributed by atoms with Crippen LogP contribution in [0.25, 0.3) is 10.8 Å². The van der Waals surface area contributed by atoms with Crippen LogP contribution in [0.1, 0.15) is 5.56 Å². The molecule has 2 nitrogen and oxygen atoms in total. The summed E-state index contributed by atoms with van der Waals surface area (Å²) in [5.41, 5.74) is 7.35. The van der Waals surface area contributed by atoms with Crippen molar-refractivity contribution in [3.8, 4) is 5.75 Å². The second kappa shape index (κ2) is 5.43. The van der Waals surface area contributed by atoms with Gasteiger partial charge in [0.1, 0.15) is 12.4 Å². The van der Waals surface area contributed by atoms with Crippen LogP contribution in [0.4, 0.5) is 5.69 Å². The molecule has 3 aromatic carbocycles. The SMILES string of the molecule is Nc1cc(COc2ccc3ccccc3c2)ccc1Cl. The Morgan fingerprint density at radius 2 is 1.70 bits per heavy atom. The van der Waals surface area contributed by atoms with Crippen molar-refractivity contribution >= 4 is 28.1 Å². The van der Waals surface area contributed by atoms with Crippen molar-refractivity contribution in [3.05, 3.63) is 71.2 Å². The summed E-state index contributed by atoms with van der Waals surface area (Å²) in [6, 6.07) is 19.8. The van der Waals surface area contributed by atoms with Crippen LogP contribution in [0.5, 0.6) is 5.75 Å². The molecule has 0 heterocycles. The summed E-state index contributed by atoms with van der Waals surface area (Å²) in [4.78, 5) is 0. The quantitative estimate of drug-likeness (QED) is 0.710. The molecular formula is C17H14ClNO. The first-order valence-electron chi connectivity index (χ1n) is 6.38. The summed E-state index contributed by atoms with van der Waals surface area (Å²) in [6.45, 7) is 0.472. The molecule has 2 N–H and O–H groups in total. The largest absolute Gasteiger partial charge is 0.489 e. The zero-order valence-electron chi connectivity index (χ0n) is 10.8. The summed E-state index contributed by atoms with van der Waals surface area (Å²) < 4.78 is 5.80. The molecule has 0 atom stereocenters. The molecular weight excluding hydrogens is 270 g/mol. The minimum atomic E-state index is 0.472. The molecule has 0 saturated heterocycles. The Labute approximate surface area is 122 Å². The van der Waals surface area contributed by atoms with Crippen molar-refractivity contribution in [2.75, 3.05) is 5.73 Å². The van der Waals surface area contributed by atoms with Gasteiger partial charge in [-0.25, -0.2) is 0 Å². The van der Waals surface area contributed by atoms with E-state index in [1.807, 2.05) is 36.4 Å². The summed E-state index contributed by atoms with van der Waals surface area (Å²) in [5, 5.41) is 2.94. The summed E-state index contributed by atoms with van der Waals surface area (Å²) in [7, 11) is 0. The molecule has 20 heavy (non-hydrogen) atoms. The van der Waals surface area contributed by atoms with Gasteiger partial charge in [0.25, 0.3) is 0 Å². The molecule has 0 aliphatic carbocycles. The van der Waals surface area contributed by atoms with E-state index >= 15 is 0 Å². The molecule has 100 valence electrons. The molecule has 0 aliphatic heterocycles. The van der Waals surface area contributed by atoms with Crippen molar-refractivity contribution in [1.29, 1.82) is 0 Å². The minimum Gasteiger partial charge on any atom is -0.489 e. The molecule has 0 amide bonds. The van der Waals surface area contributed by atoms with Gasteiger partial charge in [-0.2, -0.15) is 0 Å². The Morgan fingerprint density at radius 1 is 0.900 bits per heavy atom. The highest BCUT2D eigenvalue weighted by atomic mass is 35.5. The summed E-state index contributed by atoms with van der Waals surface area (Å²) >= 11 is 5.90. The highest BCUT2D eigenvalue weighted by Gasteiger charge is 2.01. The van der Waals surface area contributed by atoms with Crippen LogP contribution >= 0.6 is 11.6 Å². The lowest BCUT2D eigenvalue weighted by atomic mass is 10.1. The van der Waals surface area contributed by atoms with Crippen molar-refractivity contribution in [1.82, 2.24) is 0 Å². The maximum absolute atomic E-state index is 5.90. The third-order valence-corrected chi connectivity index (χ3v) is 3.53. The summed E-state index contributed by atoms with van der Waals surface area (Å²) in [6.07, 6.45) is 0. The van der Waals surface area contributed by atoms with Crippen LogP contribution in [0.3, 0.4) is 0 Å².